The van der Waals surface area contributed by atoms with Crippen LogP contribution in [-0.2, 0) is 4.79 Å². The molecule has 0 saturated carbocycles. The fourth-order valence-electron chi connectivity index (χ4n) is 2.80. The number of carbonyl (C=O) groups excluding carboxylic acids is 1. The van der Waals surface area contributed by atoms with Crippen molar-refractivity contribution in [2.24, 2.45) is 0 Å². The van der Waals surface area contributed by atoms with Gasteiger partial charge >= 0.3 is 0 Å². The Morgan fingerprint density at radius 3 is 2.32 bits per heavy atom. The van der Waals surface area contributed by atoms with Crippen molar-refractivity contribution in [3.8, 4) is 6.07 Å². The summed E-state index contributed by atoms with van der Waals surface area (Å²) in [5.41, 5.74) is 2.38. The Labute approximate surface area is 146 Å². The van der Waals surface area contributed by atoms with Crippen LogP contribution in [-0.4, -0.2) is 19.0 Å². The lowest BCUT2D eigenvalue weighted by Crippen LogP contribution is -2.17. The van der Waals surface area contributed by atoms with Crippen molar-refractivity contribution in [1.82, 2.24) is 0 Å². The second-order valence-corrected chi connectivity index (χ2v) is 5.92. The van der Waals surface area contributed by atoms with Crippen LogP contribution in [0.4, 0.5) is 15.8 Å². The minimum Gasteiger partial charge on any atom is -0.372 e. The van der Waals surface area contributed by atoms with Crippen LogP contribution in [0.15, 0.2) is 54.1 Å². The van der Waals surface area contributed by atoms with Gasteiger partial charge in [0.2, 0.25) is 0 Å². The molecule has 1 aliphatic rings. The van der Waals surface area contributed by atoms with Crippen molar-refractivity contribution in [3.63, 3.8) is 0 Å². The molecule has 1 fully saturated rings. The van der Waals surface area contributed by atoms with E-state index >= 15 is 0 Å². The van der Waals surface area contributed by atoms with Crippen molar-refractivity contribution >= 4 is 23.4 Å². The molecule has 0 atom stereocenters. The molecule has 0 bridgehead atoms. The number of rotatable bonds is 4. The van der Waals surface area contributed by atoms with E-state index in [-0.39, 0.29) is 11.4 Å². The van der Waals surface area contributed by atoms with Gasteiger partial charge in [0.1, 0.15) is 17.5 Å². The number of hydrogen-bond donors (Lipinski definition) is 1. The Morgan fingerprint density at radius 2 is 1.72 bits per heavy atom. The monoisotopic (exact) mass is 335 g/mol. The largest absolute Gasteiger partial charge is 0.372 e. The summed E-state index contributed by atoms with van der Waals surface area (Å²) in [6.07, 6.45) is 3.97. The lowest BCUT2D eigenvalue weighted by Gasteiger charge is -2.17. The number of nitrogens with one attached hydrogen (secondary N) is 1. The Hall–Kier alpha value is -3.13. The minimum absolute atomic E-state index is 0.00162. The molecular weight excluding hydrogens is 317 g/mol. The Morgan fingerprint density at radius 1 is 1.08 bits per heavy atom. The lowest BCUT2D eigenvalue weighted by molar-refractivity contribution is -0.112. The quantitative estimate of drug-likeness (QED) is 0.679. The third-order valence-corrected chi connectivity index (χ3v) is 4.14. The maximum absolute atomic E-state index is 12.9. The molecule has 25 heavy (non-hydrogen) atoms. The molecule has 1 N–H and O–H groups in total. The van der Waals surface area contributed by atoms with Crippen LogP contribution in [0.2, 0.25) is 0 Å². The number of nitrogens with zero attached hydrogens (tertiary/aromatic N) is 2. The highest BCUT2D eigenvalue weighted by Crippen LogP contribution is 2.21. The molecular formula is C20H18FN3O. The summed E-state index contributed by atoms with van der Waals surface area (Å²) >= 11 is 0. The number of nitriles is 1. The molecule has 1 saturated heterocycles. The van der Waals surface area contributed by atoms with Gasteiger partial charge in [-0.25, -0.2) is 4.39 Å². The van der Waals surface area contributed by atoms with E-state index in [1.165, 1.54) is 37.1 Å². The number of amides is 1. The molecule has 2 aromatic rings. The summed E-state index contributed by atoms with van der Waals surface area (Å²) < 4.78 is 12.9. The topological polar surface area (TPSA) is 56.1 Å². The van der Waals surface area contributed by atoms with E-state index in [0.717, 1.165) is 24.3 Å². The van der Waals surface area contributed by atoms with Gasteiger partial charge in [-0.05, 0) is 60.9 Å². The molecule has 5 heteroatoms. The third kappa shape index (κ3) is 4.24. The second kappa shape index (κ2) is 7.63. The van der Waals surface area contributed by atoms with Crippen molar-refractivity contribution in [2.75, 3.05) is 23.3 Å². The SMILES string of the molecule is N#C/C(=C\c1ccc(N2CCCC2)cc1)C(=O)Nc1ccc(F)cc1. The fraction of sp³-hybridized carbons (Fsp3) is 0.200. The second-order valence-electron chi connectivity index (χ2n) is 5.92. The maximum Gasteiger partial charge on any atom is 0.266 e. The van der Waals surface area contributed by atoms with E-state index in [1.807, 2.05) is 30.3 Å². The first-order valence-corrected chi connectivity index (χ1v) is 8.19. The molecule has 0 spiro atoms. The Balaban J connectivity index is 1.71. The van der Waals surface area contributed by atoms with E-state index in [9.17, 15) is 14.4 Å². The number of anilines is 2. The molecule has 0 unspecified atom stereocenters. The van der Waals surface area contributed by atoms with Gasteiger partial charge in [0, 0.05) is 24.5 Å². The average Bonchev–Trinajstić information content (AvgIpc) is 3.16. The molecule has 4 nitrogen and oxygen atoms in total. The highest BCUT2D eigenvalue weighted by atomic mass is 19.1. The standard InChI is InChI=1S/C20H18FN3O/c21-17-5-7-18(8-6-17)23-20(25)16(14-22)13-15-3-9-19(10-4-15)24-11-1-2-12-24/h3-10,13H,1-2,11-12H2,(H,23,25)/b16-13+. The van der Waals surface area contributed by atoms with E-state index < -0.39 is 5.91 Å². The van der Waals surface area contributed by atoms with Crippen molar-refractivity contribution in [2.45, 2.75) is 12.8 Å². The number of benzene rings is 2. The Kier molecular flexibility index (Phi) is 5.10. The van der Waals surface area contributed by atoms with Crippen LogP contribution < -0.4 is 10.2 Å². The number of hydrogen-bond acceptors (Lipinski definition) is 3. The molecule has 1 amide bonds. The van der Waals surface area contributed by atoms with E-state index in [0.29, 0.717) is 5.69 Å². The normalized spacial score (nSPS) is 14.2. The van der Waals surface area contributed by atoms with Gasteiger partial charge in [-0.2, -0.15) is 5.26 Å². The first-order valence-electron chi connectivity index (χ1n) is 8.19. The molecule has 3 rings (SSSR count). The zero-order chi connectivity index (χ0) is 17.6. The van der Waals surface area contributed by atoms with Gasteiger partial charge in [0.05, 0.1) is 0 Å². The number of halogens is 1. The lowest BCUT2D eigenvalue weighted by atomic mass is 10.1. The smallest absolute Gasteiger partial charge is 0.266 e. The summed E-state index contributed by atoms with van der Waals surface area (Å²) in [5.74, 6) is -0.898. The van der Waals surface area contributed by atoms with Crippen LogP contribution in [0.25, 0.3) is 6.08 Å². The molecule has 0 radical (unpaired) electrons. The van der Waals surface area contributed by atoms with E-state index in [1.54, 1.807) is 6.08 Å². The summed E-state index contributed by atoms with van der Waals surface area (Å²) in [4.78, 5) is 14.5. The maximum atomic E-state index is 12.9. The minimum atomic E-state index is -0.516. The summed E-state index contributed by atoms with van der Waals surface area (Å²) in [5, 5.41) is 11.9. The zero-order valence-electron chi connectivity index (χ0n) is 13.7. The fourth-order valence-corrected chi connectivity index (χ4v) is 2.80. The summed E-state index contributed by atoms with van der Waals surface area (Å²) in [6, 6.07) is 15.1. The molecule has 2 aromatic carbocycles. The van der Waals surface area contributed by atoms with Gasteiger partial charge in [-0.15, -0.1) is 0 Å². The Bertz CT molecular complexity index is 814. The van der Waals surface area contributed by atoms with Gasteiger partial charge in [-0.1, -0.05) is 12.1 Å². The summed E-state index contributed by atoms with van der Waals surface area (Å²) in [6.45, 7) is 2.14. The van der Waals surface area contributed by atoms with Gasteiger partial charge in [0.15, 0.2) is 0 Å². The molecule has 1 aliphatic heterocycles. The van der Waals surface area contributed by atoms with Crippen LogP contribution in [0, 0.1) is 17.1 Å². The van der Waals surface area contributed by atoms with Crippen LogP contribution >= 0.6 is 0 Å². The third-order valence-electron chi connectivity index (χ3n) is 4.14. The molecule has 126 valence electrons. The van der Waals surface area contributed by atoms with Crippen molar-refractivity contribution < 1.29 is 9.18 Å². The van der Waals surface area contributed by atoms with E-state index in [4.69, 9.17) is 0 Å². The van der Waals surface area contributed by atoms with Gasteiger partial charge in [-0.3, -0.25) is 4.79 Å². The highest BCUT2D eigenvalue weighted by Gasteiger charge is 2.12. The molecule has 0 aliphatic carbocycles. The molecule has 0 aromatic heterocycles. The van der Waals surface area contributed by atoms with Crippen LogP contribution in [0.1, 0.15) is 18.4 Å². The van der Waals surface area contributed by atoms with Gasteiger partial charge < -0.3 is 10.2 Å². The van der Waals surface area contributed by atoms with Gasteiger partial charge in [0.25, 0.3) is 5.91 Å². The van der Waals surface area contributed by atoms with Crippen LogP contribution in [0.3, 0.4) is 0 Å². The van der Waals surface area contributed by atoms with Crippen molar-refractivity contribution in [3.05, 3.63) is 65.5 Å². The zero-order valence-corrected chi connectivity index (χ0v) is 13.7. The predicted molar refractivity (Wildman–Crippen MR) is 96.5 cm³/mol. The van der Waals surface area contributed by atoms with Crippen LogP contribution in [0.5, 0.6) is 0 Å². The summed E-state index contributed by atoms with van der Waals surface area (Å²) in [7, 11) is 0. The highest BCUT2D eigenvalue weighted by molar-refractivity contribution is 6.09. The van der Waals surface area contributed by atoms with E-state index in [2.05, 4.69) is 10.2 Å². The molecule has 1 heterocycles. The average molecular weight is 335 g/mol. The predicted octanol–water partition coefficient (Wildman–Crippen LogP) is 3.97. The first-order chi connectivity index (χ1) is 12.2. The number of carbonyl (C=O) groups is 1. The van der Waals surface area contributed by atoms with Crippen molar-refractivity contribution in [1.29, 1.82) is 5.26 Å². The first kappa shape index (κ1) is 16.7.